The molecule has 8 heteroatoms. The van der Waals surface area contributed by atoms with Crippen LogP contribution in [0.1, 0.15) is 63.4 Å². The zero-order valence-corrected chi connectivity index (χ0v) is 20.4. The van der Waals surface area contributed by atoms with Crippen molar-refractivity contribution in [3.63, 3.8) is 0 Å². The third kappa shape index (κ3) is 8.05. The van der Waals surface area contributed by atoms with Crippen molar-refractivity contribution >= 4 is 29.9 Å². The first-order valence-corrected chi connectivity index (χ1v) is 11.0. The van der Waals surface area contributed by atoms with Crippen LogP contribution in [0.2, 0.25) is 0 Å². The highest BCUT2D eigenvalue weighted by Gasteiger charge is 2.46. The monoisotopic (exact) mass is 452 g/mol. The lowest BCUT2D eigenvalue weighted by Crippen LogP contribution is -2.27. The van der Waals surface area contributed by atoms with Crippen LogP contribution in [0.3, 0.4) is 0 Å². The van der Waals surface area contributed by atoms with E-state index in [2.05, 4.69) is 11.2 Å². The van der Waals surface area contributed by atoms with E-state index in [1.807, 2.05) is 52.0 Å². The fraction of sp³-hybridized carbons (Fsp3) is 0.360. The summed E-state index contributed by atoms with van der Waals surface area (Å²) in [4.78, 5) is 23.5. The summed E-state index contributed by atoms with van der Waals surface area (Å²) in [7, 11) is 1.71. The van der Waals surface area contributed by atoms with Gasteiger partial charge >= 0.3 is 0 Å². The van der Waals surface area contributed by atoms with Gasteiger partial charge in [0, 0.05) is 18.3 Å². The molecule has 0 radical (unpaired) electrons. The first-order valence-electron chi connectivity index (χ1n) is 11.0. The summed E-state index contributed by atoms with van der Waals surface area (Å²) in [5, 5.41) is 13.8. The predicted molar refractivity (Wildman–Crippen MR) is 136 cm³/mol. The number of amides is 1. The Bertz CT molecular complexity index is 948. The van der Waals surface area contributed by atoms with E-state index in [9.17, 15) is 9.59 Å². The SMILES string of the molecule is CC.CC.CC(=O)c1ccccc1N(N)/N=C\N.CN(C=O)c1ccccc1C1(C#N)CC1. The Morgan fingerprint density at radius 1 is 1.06 bits per heavy atom. The molecule has 33 heavy (non-hydrogen) atoms. The molecule has 2 aromatic rings. The van der Waals surface area contributed by atoms with Gasteiger partial charge in [-0.2, -0.15) is 10.4 Å². The van der Waals surface area contributed by atoms with E-state index in [-0.39, 0.29) is 11.2 Å². The number of nitrogens with zero attached hydrogens (tertiary/aromatic N) is 4. The molecule has 0 atom stereocenters. The van der Waals surface area contributed by atoms with Crippen molar-refractivity contribution in [3.8, 4) is 6.07 Å². The third-order valence-corrected chi connectivity index (χ3v) is 4.64. The summed E-state index contributed by atoms with van der Waals surface area (Å²) in [5.41, 5.74) is 7.61. The number of anilines is 2. The lowest BCUT2D eigenvalue weighted by Gasteiger charge is -2.18. The van der Waals surface area contributed by atoms with Gasteiger partial charge in [0.2, 0.25) is 6.41 Å². The topological polar surface area (TPSA) is 129 Å². The van der Waals surface area contributed by atoms with Crippen molar-refractivity contribution in [2.24, 2.45) is 16.7 Å². The maximum atomic E-state index is 11.2. The van der Waals surface area contributed by atoms with Gasteiger partial charge < -0.3 is 10.6 Å². The van der Waals surface area contributed by atoms with E-state index in [4.69, 9.17) is 16.8 Å². The number of nitrogens with two attached hydrogens (primary N) is 2. The minimum Gasteiger partial charge on any atom is -0.388 e. The zero-order valence-electron chi connectivity index (χ0n) is 20.4. The summed E-state index contributed by atoms with van der Waals surface area (Å²) in [5.74, 6) is 5.48. The lowest BCUT2D eigenvalue weighted by molar-refractivity contribution is -0.107. The molecule has 3 rings (SSSR count). The normalized spacial score (nSPS) is 12.3. The van der Waals surface area contributed by atoms with Crippen LogP contribution in [0.5, 0.6) is 0 Å². The summed E-state index contributed by atoms with van der Waals surface area (Å²) < 4.78 is 0. The summed E-state index contributed by atoms with van der Waals surface area (Å²) in [6, 6.07) is 16.9. The van der Waals surface area contributed by atoms with Gasteiger partial charge in [-0.3, -0.25) is 9.59 Å². The second-order valence-corrected chi connectivity index (χ2v) is 6.61. The molecule has 0 saturated heterocycles. The van der Waals surface area contributed by atoms with Gasteiger partial charge in [-0.25, -0.2) is 5.84 Å². The highest BCUT2D eigenvalue weighted by atomic mass is 16.1. The van der Waals surface area contributed by atoms with E-state index in [1.54, 1.807) is 31.3 Å². The predicted octanol–water partition coefficient (Wildman–Crippen LogP) is 4.36. The Kier molecular flexibility index (Phi) is 13.5. The van der Waals surface area contributed by atoms with Gasteiger partial charge in [0.15, 0.2) is 5.78 Å². The minimum absolute atomic E-state index is 0.0664. The van der Waals surface area contributed by atoms with Crippen LogP contribution in [-0.2, 0) is 10.2 Å². The number of hydrogen-bond donors (Lipinski definition) is 2. The molecule has 178 valence electrons. The van der Waals surface area contributed by atoms with Crippen molar-refractivity contribution in [2.75, 3.05) is 17.1 Å². The Balaban J connectivity index is 0.000000541. The maximum absolute atomic E-state index is 11.2. The Labute approximate surface area is 197 Å². The molecule has 0 aromatic heterocycles. The average molecular weight is 453 g/mol. The smallest absolute Gasteiger partial charge is 0.213 e. The first-order chi connectivity index (χ1) is 15.9. The number of Topliss-reactive ketones (excluding diaryl/α,β-unsaturated/α-hetero) is 1. The molecule has 2 aromatic carbocycles. The Hall–Kier alpha value is -3.70. The minimum atomic E-state index is -0.339. The van der Waals surface area contributed by atoms with E-state index < -0.39 is 0 Å². The molecule has 1 saturated carbocycles. The van der Waals surface area contributed by atoms with Crippen molar-refractivity contribution in [2.45, 2.75) is 52.9 Å². The van der Waals surface area contributed by atoms with Gasteiger partial charge in [0.25, 0.3) is 0 Å². The summed E-state index contributed by atoms with van der Waals surface area (Å²) >= 11 is 0. The highest BCUT2D eigenvalue weighted by molar-refractivity contribution is 5.99. The molecular weight excluding hydrogens is 416 g/mol. The van der Waals surface area contributed by atoms with Crippen LogP contribution >= 0.6 is 0 Å². The van der Waals surface area contributed by atoms with Crippen LogP contribution in [0.25, 0.3) is 0 Å². The fourth-order valence-corrected chi connectivity index (χ4v) is 2.91. The van der Waals surface area contributed by atoms with Gasteiger partial charge in [-0.15, -0.1) is 5.10 Å². The number of hydrazone groups is 1. The second kappa shape index (κ2) is 15.2. The molecule has 1 aliphatic carbocycles. The molecule has 0 heterocycles. The first kappa shape index (κ1) is 29.3. The van der Waals surface area contributed by atoms with Crippen molar-refractivity contribution in [1.82, 2.24) is 0 Å². The molecule has 0 unspecified atom stereocenters. The second-order valence-electron chi connectivity index (χ2n) is 6.61. The number of rotatable bonds is 6. The van der Waals surface area contributed by atoms with Crippen LogP contribution in [0, 0.1) is 11.3 Å². The number of hydrogen-bond acceptors (Lipinski definition) is 6. The number of para-hydroxylation sites is 2. The summed E-state index contributed by atoms with van der Waals surface area (Å²) in [6.45, 7) is 9.47. The number of carbonyl (C=O) groups is 2. The number of nitriles is 1. The molecule has 0 spiro atoms. The van der Waals surface area contributed by atoms with Gasteiger partial charge in [0.05, 0.1) is 17.2 Å². The van der Waals surface area contributed by atoms with E-state index >= 15 is 0 Å². The number of benzene rings is 2. The number of carbonyl (C=O) groups excluding carboxylic acids is 2. The van der Waals surface area contributed by atoms with Crippen LogP contribution in [-0.4, -0.2) is 25.6 Å². The lowest BCUT2D eigenvalue weighted by atomic mass is 9.95. The molecule has 0 bridgehead atoms. The quantitative estimate of drug-likeness (QED) is 0.167. The number of ketones is 1. The highest BCUT2D eigenvalue weighted by Crippen LogP contribution is 2.50. The van der Waals surface area contributed by atoms with Gasteiger partial charge in [0.1, 0.15) is 6.34 Å². The largest absolute Gasteiger partial charge is 0.388 e. The van der Waals surface area contributed by atoms with E-state index in [1.165, 1.54) is 11.8 Å². The van der Waals surface area contributed by atoms with E-state index in [0.717, 1.165) is 42.0 Å². The van der Waals surface area contributed by atoms with Crippen LogP contribution < -0.4 is 21.6 Å². The summed E-state index contributed by atoms with van der Waals surface area (Å²) in [6.07, 6.45) is 3.63. The average Bonchev–Trinajstić information content (AvgIpc) is 3.68. The van der Waals surface area contributed by atoms with Crippen molar-refractivity contribution in [1.29, 1.82) is 5.26 Å². The number of hydrazine groups is 1. The molecule has 8 nitrogen and oxygen atoms in total. The van der Waals surface area contributed by atoms with Crippen LogP contribution in [0.4, 0.5) is 11.4 Å². The molecule has 1 aliphatic rings. The molecule has 1 amide bonds. The fourth-order valence-electron chi connectivity index (χ4n) is 2.91. The molecular formula is C25H36N6O2. The van der Waals surface area contributed by atoms with Crippen molar-refractivity contribution in [3.05, 3.63) is 59.7 Å². The van der Waals surface area contributed by atoms with E-state index in [0.29, 0.717) is 11.3 Å². The zero-order chi connectivity index (χ0) is 25.4. The standard InChI is InChI=1S/C12H12N2O.C9H12N4O.2C2H6/c1-14(9-15)11-5-3-2-4-10(11)12(8-13)6-7-12;1-7(14)8-4-2-3-5-9(8)13(11)12-6-10;2*1-2/h2-5,9H,6-7H2,1H3;2-6H,11H2,1H3,(H2,10,12);2*1-2H3. The third-order valence-electron chi connectivity index (χ3n) is 4.64. The molecule has 1 fully saturated rings. The van der Waals surface area contributed by atoms with Crippen LogP contribution in [0.15, 0.2) is 53.6 Å². The van der Waals surface area contributed by atoms with Gasteiger partial charge in [-0.1, -0.05) is 58.0 Å². The molecule has 0 aliphatic heterocycles. The van der Waals surface area contributed by atoms with Gasteiger partial charge in [-0.05, 0) is 43.5 Å². The molecule has 4 N–H and O–H groups in total. The maximum Gasteiger partial charge on any atom is 0.213 e. The van der Waals surface area contributed by atoms with Crippen molar-refractivity contribution < 1.29 is 9.59 Å². The Morgan fingerprint density at radius 2 is 1.58 bits per heavy atom. The Morgan fingerprint density at radius 3 is 2.03 bits per heavy atom.